The molecule has 0 saturated carbocycles. The van der Waals surface area contributed by atoms with E-state index in [-0.39, 0.29) is 24.6 Å². The Morgan fingerprint density at radius 2 is 2.25 bits per heavy atom. The average Bonchev–Trinajstić information content (AvgIpc) is 2.43. The van der Waals surface area contributed by atoms with Gasteiger partial charge in [0.05, 0.1) is 23.5 Å². The van der Waals surface area contributed by atoms with Gasteiger partial charge in [0, 0.05) is 19.7 Å². The van der Waals surface area contributed by atoms with E-state index in [9.17, 15) is 14.9 Å². The first-order valence-electron chi connectivity index (χ1n) is 5.94. The molecule has 0 fully saturated rings. The van der Waals surface area contributed by atoms with Crippen molar-refractivity contribution in [2.75, 3.05) is 20.2 Å². The number of aryl methyl sites for hydroxylation is 1. The van der Waals surface area contributed by atoms with E-state index >= 15 is 0 Å². The van der Waals surface area contributed by atoms with Crippen LogP contribution in [0.2, 0.25) is 0 Å². The number of nitro groups is 1. The van der Waals surface area contributed by atoms with Gasteiger partial charge in [-0.15, -0.1) is 0 Å². The molecule has 1 aromatic carbocycles. The molecule has 0 unspecified atom stereocenters. The number of carbonyl (C=O) groups excluding carboxylic acids is 1. The molecule has 0 aromatic heterocycles. The Balaban J connectivity index is 2.65. The second-order valence-electron chi connectivity index (χ2n) is 4.22. The molecule has 1 amide bonds. The molecule has 0 atom stereocenters. The van der Waals surface area contributed by atoms with E-state index in [1.165, 1.54) is 17.0 Å². The molecule has 0 spiro atoms. The van der Waals surface area contributed by atoms with Crippen LogP contribution in [0.3, 0.4) is 0 Å². The van der Waals surface area contributed by atoms with Crippen LogP contribution in [0.4, 0.5) is 5.69 Å². The van der Waals surface area contributed by atoms with Crippen LogP contribution in [0.15, 0.2) is 18.2 Å². The minimum absolute atomic E-state index is 0.0871. The number of amides is 1. The summed E-state index contributed by atoms with van der Waals surface area (Å²) in [5.74, 6) is 0.0207. The number of hydrogen-bond acceptors (Lipinski definition) is 5. The normalized spacial score (nSPS) is 9.65. The lowest BCUT2D eigenvalue weighted by Crippen LogP contribution is -2.32. The highest BCUT2D eigenvalue weighted by atomic mass is 16.6. The molecule has 0 saturated heterocycles. The predicted molar refractivity (Wildman–Crippen MR) is 71.2 cm³/mol. The number of nitrogens with zero attached hydrogens (tertiary/aromatic N) is 3. The van der Waals surface area contributed by atoms with Crippen molar-refractivity contribution in [3.63, 3.8) is 0 Å². The lowest BCUT2D eigenvalue weighted by molar-refractivity contribution is -0.384. The number of likely N-dealkylation sites (N-methyl/N-ethyl adjacent to an activating group) is 1. The Labute approximate surface area is 116 Å². The summed E-state index contributed by atoms with van der Waals surface area (Å²) in [7, 11) is 1.57. The smallest absolute Gasteiger partial charge is 0.273 e. The fourth-order valence-corrected chi connectivity index (χ4v) is 1.45. The van der Waals surface area contributed by atoms with Gasteiger partial charge in [0.25, 0.3) is 11.6 Å². The van der Waals surface area contributed by atoms with Crippen molar-refractivity contribution in [3.8, 4) is 11.8 Å². The van der Waals surface area contributed by atoms with Gasteiger partial charge >= 0.3 is 0 Å². The summed E-state index contributed by atoms with van der Waals surface area (Å²) < 4.78 is 5.31. The Bertz CT molecular complexity index is 551. The van der Waals surface area contributed by atoms with Crippen LogP contribution in [-0.2, 0) is 4.79 Å². The molecule has 0 heterocycles. The van der Waals surface area contributed by atoms with Gasteiger partial charge in [0.15, 0.2) is 6.61 Å². The SMILES string of the molecule is Cc1ccc([N+](=O)[O-])cc1OCC(=O)N(C)CCC#N. The van der Waals surface area contributed by atoms with Crippen LogP contribution in [0.5, 0.6) is 5.75 Å². The summed E-state index contributed by atoms with van der Waals surface area (Å²) in [4.78, 5) is 23.2. The first-order chi connectivity index (χ1) is 9.45. The highest BCUT2D eigenvalue weighted by molar-refractivity contribution is 5.77. The summed E-state index contributed by atoms with van der Waals surface area (Å²) in [5, 5.41) is 19.1. The summed E-state index contributed by atoms with van der Waals surface area (Å²) in [6.45, 7) is 1.85. The van der Waals surface area contributed by atoms with Gasteiger partial charge in [0.1, 0.15) is 5.75 Å². The van der Waals surface area contributed by atoms with Crippen molar-refractivity contribution in [2.24, 2.45) is 0 Å². The monoisotopic (exact) mass is 277 g/mol. The Morgan fingerprint density at radius 1 is 1.55 bits per heavy atom. The quantitative estimate of drug-likeness (QED) is 0.581. The molecule has 0 aliphatic carbocycles. The third-order valence-electron chi connectivity index (χ3n) is 2.72. The average molecular weight is 277 g/mol. The fourth-order valence-electron chi connectivity index (χ4n) is 1.45. The van der Waals surface area contributed by atoms with Crippen molar-refractivity contribution in [3.05, 3.63) is 33.9 Å². The molecule has 7 nitrogen and oxygen atoms in total. The highest BCUT2D eigenvalue weighted by Crippen LogP contribution is 2.23. The molecule has 1 rings (SSSR count). The van der Waals surface area contributed by atoms with Crippen LogP contribution < -0.4 is 4.74 Å². The van der Waals surface area contributed by atoms with Gasteiger partial charge in [-0.2, -0.15) is 5.26 Å². The van der Waals surface area contributed by atoms with Crippen LogP contribution >= 0.6 is 0 Å². The molecule has 106 valence electrons. The second kappa shape index (κ2) is 7.09. The minimum atomic E-state index is -0.521. The molecule has 0 bridgehead atoms. The van der Waals surface area contributed by atoms with Gasteiger partial charge in [-0.05, 0) is 18.6 Å². The molecule has 7 heteroatoms. The van der Waals surface area contributed by atoms with Gasteiger partial charge in [-0.1, -0.05) is 0 Å². The molecule has 0 aliphatic rings. The number of benzene rings is 1. The molecule has 0 N–H and O–H groups in total. The van der Waals surface area contributed by atoms with Crippen molar-refractivity contribution >= 4 is 11.6 Å². The van der Waals surface area contributed by atoms with Crippen LogP contribution in [0, 0.1) is 28.4 Å². The molecule has 20 heavy (non-hydrogen) atoms. The molecule has 0 aliphatic heterocycles. The van der Waals surface area contributed by atoms with E-state index in [0.717, 1.165) is 0 Å². The third kappa shape index (κ3) is 4.24. The Hall–Kier alpha value is -2.62. The largest absolute Gasteiger partial charge is 0.483 e. The maximum absolute atomic E-state index is 11.7. The summed E-state index contributed by atoms with van der Waals surface area (Å²) >= 11 is 0. The predicted octanol–water partition coefficient (Wildman–Crippen LogP) is 1.65. The van der Waals surface area contributed by atoms with Crippen LogP contribution in [-0.4, -0.2) is 35.9 Å². The summed E-state index contributed by atoms with van der Waals surface area (Å²) in [6.07, 6.45) is 0.248. The number of hydrogen-bond donors (Lipinski definition) is 0. The molecule has 1 aromatic rings. The minimum Gasteiger partial charge on any atom is -0.483 e. The number of nitriles is 1. The first kappa shape index (κ1) is 15.4. The van der Waals surface area contributed by atoms with Gasteiger partial charge in [0.2, 0.25) is 0 Å². The number of carbonyl (C=O) groups is 1. The lowest BCUT2D eigenvalue weighted by atomic mass is 10.2. The number of rotatable bonds is 6. The zero-order valence-electron chi connectivity index (χ0n) is 11.3. The topological polar surface area (TPSA) is 96.5 Å². The van der Waals surface area contributed by atoms with E-state index in [4.69, 9.17) is 10.00 Å². The van der Waals surface area contributed by atoms with Gasteiger partial charge in [-0.25, -0.2) is 0 Å². The number of non-ortho nitro benzene ring substituents is 1. The third-order valence-corrected chi connectivity index (χ3v) is 2.72. The Morgan fingerprint density at radius 3 is 2.85 bits per heavy atom. The molecular formula is C13H15N3O4. The number of nitro benzene ring substituents is 1. The highest BCUT2D eigenvalue weighted by Gasteiger charge is 2.13. The van der Waals surface area contributed by atoms with Crippen molar-refractivity contribution < 1.29 is 14.5 Å². The van der Waals surface area contributed by atoms with E-state index in [0.29, 0.717) is 17.9 Å². The second-order valence-corrected chi connectivity index (χ2v) is 4.22. The lowest BCUT2D eigenvalue weighted by Gasteiger charge is -2.16. The molecule has 0 radical (unpaired) electrons. The first-order valence-corrected chi connectivity index (χ1v) is 5.94. The van der Waals surface area contributed by atoms with E-state index in [1.54, 1.807) is 20.0 Å². The van der Waals surface area contributed by atoms with E-state index in [1.807, 2.05) is 6.07 Å². The zero-order chi connectivity index (χ0) is 15.1. The van der Waals surface area contributed by atoms with Gasteiger partial charge < -0.3 is 9.64 Å². The van der Waals surface area contributed by atoms with E-state index < -0.39 is 4.92 Å². The zero-order valence-corrected chi connectivity index (χ0v) is 11.3. The van der Waals surface area contributed by atoms with Crippen LogP contribution in [0.1, 0.15) is 12.0 Å². The summed E-state index contributed by atoms with van der Waals surface area (Å²) in [6, 6.07) is 6.18. The van der Waals surface area contributed by atoms with Crippen LogP contribution in [0.25, 0.3) is 0 Å². The van der Waals surface area contributed by atoms with Gasteiger partial charge in [-0.3, -0.25) is 14.9 Å². The summed E-state index contributed by atoms with van der Waals surface area (Å²) in [5.41, 5.74) is 0.624. The van der Waals surface area contributed by atoms with Crippen molar-refractivity contribution in [1.29, 1.82) is 5.26 Å². The molecular weight excluding hydrogens is 262 g/mol. The van der Waals surface area contributed by atoms with Crippen molar-refractivity contribution in [1.82, 2.24) is 4.90 Å². The van der Waals surface area contributed by atoms with Crippen molar-refractivity contribution in [2.45, 2.75) is 13.3 Å². The Kier molecular flexibility index (Phi) is 5.47. The standard InChI is InChI=1S/C13H15N3O4/c1-10-4-5-11(16(18)19)8-12(10)20-9-13(17)15(2)7-3-6-14/h4-5,8H,3,7,9H2,1-2H3. The van der Waals surface area contributed by atoms with E-state index in [2.05, 4.69) is 0 Å². The maximum atomic E-state index is 11.7. The fraction of sp³-hybridized carbons (Fsp3) is 0.385. The maximum Gasteiger partial charge on any atom is 0.273 e. The number of ether oxygens (including phenoxy) is 1.